The summed E-state index contributed by atoms with van der Waals surface area (Å²) in [5.41, 5.74) is 1.15. The number of pyridine rings is 1. The molecule has 0 saturated carbocycles. The van der Waals surface area contributed by atoms with Crippen LogP contribution in [0.1, 0.15) is 13.0 Å². The van der Waals surface area contributed by atoms with Crippen LogP contribution in [-0.2, 0) is 5.75 Å². The fourth-order valence-electron chi connectivity index (χ4n) is 1.23. The molecule has 0 aliphatic heterocycles. The predicted octanol–water partition coefficient (Wildman–Crippen LogP) is 4.37. The van der Waals surface area contributed by atoms with Crippen molar-refractivity contribution in [2.24, 2.45) is 0 Å². The van der Waals surface area contributed by atoms with Crippen molar-refractivity contribution in [3.63, 3.8) is 0 Å². The fraction of sp³-hybridized carbons (Fsp3) is 0.154. The second-order valence-corrected chi connectivity index (χ2v) is 4.64. The van der Waals surface area contributed by atoms with E-state index in [1.54, 1.807) is 18.3 Å². The van der Waals surface area contributed by atoms with E-state index in [2.05, 4.69) is 4.98 Å². The summed E-state index contributed by atoms with van der Waals surface area (Å²) in [5, 5.41) is 10.9. The van der Waals surface area contributed by atoms with Crippen molar-refractivity contribution >= 4 is 23.4 Å². The molecule has 1 N–H and O–H groups in total. The van der Waals surface area contributed by atoms with Crippen LogP contribution < -0.4 is 0 Å². The normalized spacial score (nSPS) is 9.71. The molecule has 0 fully saturated rings. The average molecular weight is 268 g/mol. The maximum atomic E-state index is 9.53. The first-order valence-corrected chi connectivity index (χ1v) is 6.13. The molecular weight excluding hydrogens is 254 g/mol. The zero-order chi connectivity index (χ0) is 11.4. The van der Waals surface area contributed by atoms with Gasteiger partial charge in [-0.25, -0.2) is 4.98 Å². The Labute approximate surface area is 111 Å². The van der Waals surface area contributed by atoms with Gasteiger partial charge in [-0.15, -0.1) is 0 Å². The molecule has 0 radical (unpaired) electrons. The fourth-order valence-corrected chi connectivity index (χ4v) is 2.20. The third kappa shape index (κ3) is 3.95. The van der Waals surface area contributed by atoms with E-state index in [1.165, 1.54) is 11.8 Å². The quantitative estimate of drug-likeness (QED) is 0.839. The molecule has 17 heavy (non-hydrogen) atoms. The van der Waals surface area contributed by atoms with Crippen LogP contribution in [-0.4, -0.2) is 10.1 Å². The summed E-state index contributed by atoms with van der Waals surface area (Å²) in [5.74, 6) is 0.989. The maximum absolute atomic E-state index is 9.53. The van der Waals surface area contributed by atoms with Crippen molar-refractivity contribution in [3.8, 4) is 5.75 Å². The number of rotatable bonds is 3. The van der Waals surface area contributed by atoms with Gasteiger partial charge in [-0.2, -0.15) is 0 Å². The van der Waals surface area contributed by atoms with E-state index in [1.807, 2.05) is 24.3 Å². The molecule has 0 aliphatic rings. The van der Waals surface area contributed by atoms with Crippen LogP contribution in [0.25, 0.3) is 0 Å². The standard InChI is InChI=1S/C12H10ClNOS.CH4/c13-10-5-3-9(4-6-10)8-16-12-11(15)2-1-7-14-12;/h1-7,15H,8H2;1H4. The molecule has 1 aromatic heterocycles. The van der Waals surface area contributed by atoms with Gasteiger partial charge in [-0.05, 0) is 29.8 Å². The molecule has 0 unspecified atom stereocenters. The molecule has 90 valence electrons. The van der Waals surface area contributed by atoms with Crippen molar-refractivity contribution in [2.75, 3.05) is 0 Å². The summed E-state index contributed by atoms with van der Waals surface area (Å²) < 4.78 is 0. The second-order valence-electron chi connectivity index (χ2n) is 3.24. The summed E-state index contributed by atoms with van der Waals surface area (Å²) in [6, 6.07) is 11.0. The van der Waals surface area contributed by atoms with Gasteiger partial charge in [-0.1, -0.05) is 42.9 Å². The molecule has 4 heteroatoms. The SMILES string of the molecule is C.Oc1cccnc1SCc1ccc(Cl)cc1. The van der Waals surface area contributed by atoms with E-state index in [0.29, 0.717) is 5.03 Å². The third-order valence-corrected chi connectivity index (χ3v) is 3.36. The van der Waals surface area contributed by atoms with E-state index in [0.717, 1.165) is 16.3 Å². The van der Waals surface area contributed by atoms with E-state index in [9.17, 15) is 5.11 Å². The van der Waals surface area contributed by atoms with Gasteiger partial charge in [0.15, 0.2) is 0 Å². The van der Waals surface area contributed by atoms with Crippen LogP contribution in [0.5, 0.6) is 5.75 Å². The highest BCUT2D eigenvalue weighted by molar-refractivity contribution is 7.98. The minimum absolute atomic E-state index is 0. The summed E-state index contributed by atoms with van der Waals surface area (Å²) in [7, 11) is 0. The van der Waals surface area contributed by atoms with Gasteiger partial charge in [0.25, 0.3) is 0 Å². The highest BCUT2D eigenvalue weighted by Gasteiger charge is 2.02. The number of aromatic nitrogens is 1. The molecule has 2 rings (SSSR count). The Bertz CT molecular complexity index is 473. The van der Waals surface area contributed by atoms with Crippen molar-refractivity contribution in [1.82, 2.24) is 4.98 Å². The summed E-state index contributed by atoms with van der Waals surface area (Å²) in [4.78, 5) is 4.10. The lowest BCUT2D eigenvalue weighted by atomic mass is 10.2. The minimum atomic E-state index is 0. The Balaban J connectivity index is 0.00000144. The van der Waals surface area contributed by atoms with E-state index in [4.69, 9.17) is 11.6 Å². The molecule has 0 aliphatic carbocycles. The van der Waals surface area contributed by atoms with Crippen LogP contribution in [0.3, 0.4) is 0 Å². The molecule has 0 bridgehead atoms. The lowest BCUT2D eigenvalue weighted by Crippen LogP contribution is -1.83. The minimum Gasteiger partial charge on any atom is -0.505 e. The Morgan fingerprint density at radius 1 is 1.18 bits per heavy atom. The first-order chi connectivity index (χ1) is 7.75. The third-order valence-electron chi connectivity index (χ3n) is 2.04. The van der Waals surface area contributed by atoms with Crippen LogP contribution in [0.4, 0.5) is 0 Å². The monoisotopic (exact) mass is 267 g/mol. The Morgan fingerprint density at radius 3 is 2.53 bits per heavy atom. The smallest absolute Gasteiger partial charge is 0.147 e. The largest absolute Gasteiger partial charge is 0.505 e. The lowest BCUT2D eigenvalue weighted by Gasteiger charge is -2.03. The van der Waals surface area contributed by atoms with Crippen LogP contribution in [0, 0.1) is 0 Å². The molecular formula is C13H14ClNOS. The van der Waals surface area contributed by atoms with Gasteiger partial charge >= 0.3 is 0 Å². The Hall–Kier alpha value is -1.19. The predicted molar refractivity (Wildman–Crippen MR) is 73.6 cm³/mol. The van der Waals surface area contributed by atoms with Crippen LogP contribution >= 0.6 is 23.4 Å². The Morgan fingerprint density at radius 2 is 1.88 bits per heavy atom. The number of hydrogen-bond donors (Lipinski definition) is 1. The van der Waals surface area contributed by atoms with Crippen molar-refractivity contribution in [3.05, 3.63) is 53.2 Å². The van der Waals surface area contributed by atoms with Gasteiger partial charge in [-0.3, -0.25) is 0 Å². The van der Waals surface area contributed by atoms with Gasteiger partial charge in [0, 0.05) is 17.0 Å². The van der Waals surface area contributed by atoms with Crippen molar-refractivity contribution < 1.29 is 5.11 Å². The van der Waals surface area contributed by atoms with Gasteiger partial charge in [0.05, 0.1) is 0 Å². The maximum Gasteiger partial charge on any atom is 0.147 e. The van der Waals surface area contributed by atoms with E-state index in [-0.39, 0.29) is 13.2 Å². The van der Waals surface area contributed by atoms with Crippen LogP contribution in [0.2, 0.25) is 5.02 Å². The van der Waals surface area contributed by atoms with E-state index >= 15 is 0 Å². The van der Waals surface area contributed by atoms with Gasteiger partial charge in [0.1, 0.15) is 10.8 Å². The topological polar surface area (TPSA) is 33.1 Å². The summed E-state index contributed by atoms with van der Waals surface area (Å²) in [6.45, 7) is 0. The first kappa shape index (κ1) is 13.9. The number of thioether (sulfide) groups is 1. The molecule has 1 heterocycles. The molecule has 0 atom stereocenters. The molecule has 0 saturated heterocycles. The van der Waals surface area contributed by atoms with Gasteiger partial charge < -0.3 is 5.11 Å². The summed E-state index contributed by atoms with van der Waals surface area (Å²) >= 11 is 7.30. The zero-order valence-electron chi connectivity index (χ0n) is 8.43. The lowest BCUT2D eigenvalue weighted by molar-refractivity contribution is 0.457. The molecule has 2 nitrogen and oxygen atoms in total. The second kappa shape index (κ2) is 6.52. The highest BCUT2D eigenvalue weighted by atomic mass is 35.5. The number of benzene rings is 1. The average Bonchev–Trinajstić information content (AvgIpc) is 2.30. The Kier molecular flexibility index (Phi) is 5.32. The molecule has 0 amide bonds. The molecule has 0 spiro atoms. The zero-order valence-corrected chi connectivity index (χ0v) is 10.0. The first-order valence-electron chi connectivity index (χ1n) is 4.77. The number of aromatic hydroxyl groups is 1. The highest BCUT2D eigenvalue weighted by Crippen LogP contribution is 2.28. The summed E-state index contributed by atoms with van der Waals surface area (Å²) in [6.07, 6.45) is 1.67. The van der Waals surface area contributed by atoms with Gasteiger partial charge in [0.2, 0.25) is 0 Å². The number of halogens is 1. The number of nitrogens with zero attached hydrogens (tertiary/aromatic N) is 1. The van der Waals surface area contributed by atoms with Crippen molar-refractivity contribution in [2.45, 2.75) is 18.2 Å². The number of hydrogen-bond acceptors (Lipinski definition) is 3. The van der Waals surface area contributed by atoms with Crippen molar-refractivity contribution in [1.29, 1.82) is 0 Å². The van der Waals surface area contributed by atoms with Crippen LogP contribution in [0.15, 0.2) is 47.6 Å². The molecule has 2 aromatic rings. The molecule has 1 aromatic carbocycles. The van der Waals surface area contributed by atoms with E-state index < -0.39 is 0 Å².